The zero-order valence-corrected chi connectivity index (χ0v) is 14.5. The lowest BCUT2D eigenvalue weighted by Gasteiger charge is -2.17. The molecule has 1 N–H and O–H groups in total. The molecule has 1 aliphatic rings. The molecule has 2 amide bonds. The number of anilines is 1. The van der Waals surface area contributed by atoms with Gasteiger partial charge in [-0.15, -0.1) is 0 Å². The van der Waals surface area contributed by atoms with Crippen LogP contribution in [0.4, 0.5) is 10.1 Å². The Balaban J connectivity index is 1.70. The van der Waals surface area contributed by atoms with Crippen LogP contribution in [0, 0.1) is 5.82 Å². The van der Waals surface area contributed by atoms with Gasteiger partial charge in [0.25, 0.3) is 5.91 Å². The average Bonchev–Trinajstić information content (AvgIpc) is 3.01. The van der Waals surface area contributed by atoms with Crippen LogP contribution in [-0.2, 0) is 4.79 Å². The van der Waals surface area contributed by atoms with Gasteiger partial charge in [0.1, 0.15) is 5.82 Å². The first-order valence-corrected chi connectivity index (χ1v) is 8.10. The van der Waals surface area contributed by atoms with E-state index in [4.69, 9.17) is 9.47 Å². The smallest absolute Gasteiger partial charge is 0.251 e. The van der Waals surface area contributed by atoms with Gasteiger partial charge in [-0.2, -0.15) is 0 Å². The summed E-state index contributed by atoms with van der Waals surface area (Å²) in [5, 5.41) is 2.84. The summed E-state index contributed by atoms with van der Waals surface area (Å²) in [6, 6.07) is 10.3. The SMILES string of the molecule is COc1ccc(C(=O)NC2CC(=O)N(c3cccc(F)c3)C2)cc1OC. The number of nitrogens with zero attached hydrogens (tertiary/aromatic N) is 1. The number of ether oxygens (including phenoxy) is 2. The molecule has 3 rings (SSSR count). The molecular formula is C19H19FN2O4. The average molecular weight is 358 g/mol. The number of hydrogen-bond acceptors (Lipinski definition) is 4. The van der Waals surface area contributed by atoms with Gasteiger partial charge in [-0.1, -0.05) is 6.07 Å². The molecule has 0 aromatic heterocycles. The molecule has 2 aromatic rings. The van der Waals surface area contributed by atoms with Crippen molar-refractivity contribution in [3.63, 3.8) is 0 Å². The molecule has 0 bridgehead atoms. The molecule has 1 saturated heterocycles. The molecule has 1 atom stereocenters. The van der Waals surface area contributed by atoms with Gasteiger partial charge in [0.2, 0.25) is 5.91 Å². The van der Waals surface area contributed by atoms with Crippen molar-refractivity contribution in [1.82, 2.24) is 5.32 Å². The van der Waals surface area contributed by atoms with Gasteiger partial charge in [-0.3, -0.25) is 9.59 Å². The van der Waals surface area contributed by atoms with E-state index in [1.165, 1.54) is 31.3 Å². The number of rotatable bonds is 5. The molecule has 0 saturated carbocycles. The Morgan fingerprint density at radius 2 is 1.92 bits per heavy atom. The summed E-state index contributed by atoms with van der Waals surface area (Å²) in [6.07, 6.45) is 0.162. The lowest BCUT2D eigenvalue weighted by Crippen LogP contribution is -2.37. The number of amides is 2. The fourth-order valence-electron chi connectivity index (χ4n) is 2.94. The largest absolute Gasteiger partial charge is 0.493 e. The van der Waals surface area contributed by atoms with Crippen LogP contribution < -0.4 is 19.7 Å². The molecule has 136 valence electrons. The Labute approximate surface area is 150 Å². The standard InChI is InChI=1S/C19H19FN2O4/c1-25-16-7-6-12(8-17(16)26-2)19(24)21-14-10-18(23)22(11-14)15-5-3-4-13(20)9-15/h3-9,14H,10-11H2,1-2H3,(H,21,24). The zero-order valence-electron chi connectivity index (χ0n) is 14.5. The topological polar surface area (TPSA) is 67.9 Å². The van der Waals surface area contributed by atoms with Gasteiger partial charge >= 0.3 is 0 Å². The minimum atomic E-state index is -0.409. The van der Waals surface area contributed by atoms with Crippen molar-refractivity contribution in [1.29, 1.82) is 0 Å². The number of carbonyl (C=O) groups excluding carboxylic acids is 2. The maximum absolute atomic E-state index is 13.4. The Morgan fingerprint density at radius 3 is 2.62 bits per heavy atom. The molecule has 0 spiro atoms. The highest BCUT2D eigenvalue weighted by molar-refractivity contribution is 5.99. The molecule has 1 unspecified atom stereocenters. The summed E-state index contributed by atoms with van der Waals surface area (Å²) in [6.45, 7) is 0.293. The number of nitrogens with one attached hydrogen (secondary N) is 1. The van der Waals surface area contributed by atoms with Crippen LogP contribution in [0.25, 0.3) is 0 Å². The Kier molecular flexibility index (Phi) is 5.06. The van der Waals surface area contributed by atoms with Crippen molar-refractivity contribution in [3.05, 3.63) is 53.8 Å². The molecule has 7 heteroatoms. The van der Waals surface area contributed by atoms with Crippen LogP contribution in [0.3, 0.4) is 0 Å². The van der Waals surface area contributed by atoms with E-state index in [2.05, 4.69) is 5.32 Å². The zero-order chi connectivity index (χ0) is 18.7. The Morgan fingerprint density at radius 1 is 1.15 bits per heavy atom. The minimum Gasteiger partial charge on any atom is -0.493 e. The first-order valence-electron chi connectivity index (χ1n) is 8.10. The van der Waals surface area contributed by atoms with E-state index < -0.39 is 5.82 Å². The minimum absolute atomic E-state index is 0.159. The van der Waals surface area contributed by atoms with Crippen molar-refractivity contribution in [3.8, 4) is 11.5 Å². The summed E-state index contributed by atoms with van der Waals surface area (Å²) in [5.41, 5.74) is 0.886. The fourth-order valence-corrected chi connectivity index (χ4v) is 2.94. The second-order valence-electron chi connectivity index (χ2n) is 5.93. The lowest BCUT2D eigenvalue weighted by molar-refractivity contribution is -0.117. The summed E-state index contributed by atoms with van der Waals surface area (Å²) in [5.74, 6) is 0.0904. The van der Waals surface area contributed by atoms with E-state index in [9.17, 15) is 14.0 Å². The predicted octanol–water partition coefficient (Wildman–Crippen LogP) is 2.38. The van der Waals surface area contributed by atoms with Crippen LogP contribution in [0.1, 0.15) is 16.8 Å². The quantitative estimate of drug-likeness (QED) is 0.891. The summed E-state index contributed by atoms with van der Waals surface area (Å²) in [4.78, 5) is 26.2. The van der Waals surface area contributed by atoms with Gasteiger partial charge in [-0.05, 0) is 36.4 Å². The van der Waals surface area contributed by atoms with Crippen LogP contribution in [0.5, 0.6) is 11.5 Å². The number of carbonyl (C=O) groups is 2. The number of hydrogen-bond donors (Lipinski definition) is 1. The van der Waals surface area contributed by atoms with Crippen molar-refractivity contribution in [2.75, 3.05) is 25.7 Å². The molecular weight excluding hydrogens is 339 g/mol. The van der Waals surface area contributed by atoms with Gasteiger partial charge in [0.15, 0.2) is 11.5 Å². The third-order valence-corrected chi connectivity index (χ3v) is 4.23. The monoisotopic (exact) mass is 358 g/mol. The van der Waals surface area contributed by atoms with Crippen molar-refractivity contribution < 1.29 is 23.5 Å². The fraction of sp³-hybridized carbons (Fsp3) is 0.263. The summed E-state index contributed by atoms with van der Waals surface area (Å²) < 4.78 is 23.7. The molecule has 1 heterocycles. The van der Waals surface area contributed by atoms with Gasteiger partial charge in [0.05, 0.1) is 20.3 Å². The molecule has 2 aromatic carbocycles. The van der Waals surface area contributed by atoms with Crippen molar-refractivity contribution in [2.45, 2.75) is 12.5 Å². The van der Waals surface area contributed by atoms with Crippen molar-refractivity contribution >= 4 is 17.5 Å². The molecule has 6 nitrogen and oxygen atoms in total. The molecule has 0 radical (unpaired) electrons. The Hall–Kier alpha value is -3.09. The van der Waals surface area contributed by atoms with Crippen molar-refractivity contribution in [2.24, 2.45) is 0 Å². The highest BCUT2D eigenvalue weighted by atomic mass is 19.1. The number of methoxy groups -OCH3 is 2. The van der Waals surface area contributed by atoms with Crippen LogP contribution in [0.2, 0.25) is 0 Å². The van der Waals surface area contributed by atoms with Crippen LogP contribution in [0.15, 0.2) is 42.5 Å². The third kappa shape index (κ3) is 3.61. The van der Waals surface area contributed by atoms with Gasteiger partial charge in [-0.25, -0.2) is 4.39 Å². The molecule has 1 fully saturated rings. The summed E-state index contributed by atoms with van der Waals surface area (Å²) >= 11 is 0. The number of benzene rings is 2. The second kappa shape index (κ2) is 7.43. The molecule has 26 heavy (non-hydrogen) atoms. The van der Waals surface area contributed by atoms with E-state index in [1.54, 1.807) is 30.3 Å². The second-order valence-corrected chi connectivity index (χ2v) is 5.93. The van der Waals surface area contributed by atoms with Crippen LogP contribution in [-0.4, -0.2) is 38.6 Å². The predicted molar refractivity (Wildman–Crippen MR) is 94.2 cm³/mol. The van der Waals surface area contributed by atoms with Gasteiger partial charge in [0, 0.05) is 24.2 Å². The lowest BCUT2D eigenvalue weighted by atomic mass is 10.1. The maximum Gasteiger partial charge on any atom is 0.251 e. The molecule has 1 aliphatic heterocycles. The highest BCUT2D eigenvalue weighted by Crippen LogP contribution is 2.28. The maximum atomic E-state index is 13.4. The third-order valence-electron chi connectivity index (χ3n) is 4.23. The highest BCUT2D eigenvalue weighted by Gasteiger charge is 2.32. The van der Waals surface area contributed by atoms with E-state index in [0.717, 1.165) is 0 Å². The molecule has 0 aliphatic carbocycles. The normalized spacial score (nSPS) is 16.5. The van der Waals surface area contributed by atoms with E-state index in [1.807, 2.05) is 0 Å². The first kappa shape index (κ1) is 17.7. The van der Waals surface area contributed by atoms with E-state index >= 15 is 0 Å². The first-order chi connectivity index (χ1) is 12.5. The summed E-state index contributed by atoms with van der Waals surface area (Å²) in [7, 11) is 3.01. The van der Waals surface area contributed by atoms with E-state index in [0.29, 0.717) is 29.3 Å². The van der Waals surface area contributed by atoms with Crippen LogP contribution >= 0.6 is 0 Å². The number of halogens is 1. The van der Waals surface area contributed by atoms with E-state index in [-0.39, 0.29) is 24.3 Å². The van der Waals surface area contributed by atoms with Gasteiger partial charge < -0.3 is 19.7 Å². The Bertz CT molecular complexity index is 840.